The van der Waals surface area contributed by atoms with Crippen LogP contribution in [0, 0.1) is 11.3 Å². The molecule has 0 bridgehead atoms. The van der Waals surface area contributed by atoms with Crippen LogP contribution in [0.25, 0.3) is 0 Å². The van der Waals surface area contributed by atoms with Gasteiger partial charge < -0.3 is 10.2 Å². The summed E-state index contributed by atoms with van der Waals surface area (Å²) >= 11 is 0.770. The molecule has 0 spiro atoms. The van der Waals surface area contributed by atoms with Crippen molar-refractivity contribution in [2.45, 2.75) is 22.8 Å². The Hall–Kier alpha value is -0.980. The molecule has 1 heterocycles. The Morgan fingerprint density at radius 3 is 2.56 bits per heavy atom. The third kappa shape index (κ3) is 3.01. The van der Waals surface area contributed by atoms with Crippen LogP contribution in [0.2, 0.25) is 0 Å². The lowest BCUT2D eigenvalue weighted by molar-refractivity contribution is 0.0238. The number of nitrogens with two attached hydrogens (primary N) is 1. The van der Waals surface area contributed by atoms with Gasteiger partial charge in [-0.2, -0.15) is 5.26 Å². The van der Waals surface area contributed by atoms with Crippen LogP contribution < -0.4 is 5.14 Å². The molecule has 2 atom stereocenters. The van der Waals surface area contributed by atoms with Crippen molar-refractivity contribution in [2.24, 2.45) is 5.14 Å². The minimum atomic E-state index is -3.79. The fourth-order valence-electron chi connectivity index (χ4n) is 1.04. The van der Waals surface area contributed by atoms with E-state index in [1.54, 1.807) is 6.07 Å². The predicted molar refractivity (Wildman–Crippen MR) is 56.9 cm³/mol. The Morgan fingerprint density at radius 1 is 1.50 bits per heavy atom. The van der Waals surface area contributed by atoms with E-state index >= 15 is 0 Å². The number of rotatable bonds is 4. The van der Waals surface area contributed by atoms with E-state index in [9.17, 15) is 18.6 Å². The topological polar surface area (TPSA) is 124 Å². The molecule has 1 rings (SSSR count). The summed E-state index contributed by atoms with van der Waals surface area (Å²) in [6, 6.07) is 4.31. The second kappa shape index (κ2) is 4.90. The van der Waals surface area contributed by atoms with E-state index in [1.165, 1.54) is 12.1 Å². The van der Waals surface area contributed by atoms with Gasteiger partial charge in [0.05, 0.1) is 18.6 Å². The monoisotopic (exact) mass is 262 g/mol. The van der Waals surface area contributed by atoms with Gasteiger partial charge in [0.25, 0.3) is 0 Å². The minimum Gasteiger partial charge on any atom is -0.389 e. The molecule has 6 nitrogen and oxygen atoms in total. The second-order valence-corrected chi connectivity index (χ2v) is 5.98. The van der Waals surface area contributed by atoms with E-state index in [2.05, 4.69) is 0 Å². The van der Waals surface area contributed by atoms with Crippen LogP contribution in [0.1, 0.15) is 17.4 Å². The summed E-state index contributed by atoms with van der Waals surface area (Å²) in [4.78, 5) is 0.256. The molecule has 2 unspecified atom stereocenters. The molecule has 0 radical (unpaired) electrons. The van der Waals surface area contributed by atoms with Crippen LogP contribution in [-0.2, 0) is 10.0 Å². The number of hydrogen-bond acceptors (Lipinski definition) is 6. The zero-order valence-corrected chi connectivity index (χ0v) is 9.70. The maximum absolute atomic E-state index is 11.0. The molecule has 88 valence electrons. The zero-order chi connectivity index (χ0) is 12.3. The van der Waals surface area contributed by atoms with E-state index < -0.39 is 22.2 Å². The number of aliphatic hydroxyl groups excluding tert-OH is 2. The first-order valence-electron chi connectivity index (χ1n) is 4.22. The number of thiophene rings is 1. The molecule has 0 aliphatic heterocycles. The lowest BCUT2D eigenvalue weighted by Gasteiger charge is -2.12. The third-order valence-corrected chi connectivity index (χ3v) is 4.43. The molecule has 4 N–H and O–H groups in total. The van der Waals surface area contributed by atoms with Gasteiger partial charge in [-0.1, -0.05) is 0 Å². The van der Waals surface area contributed by atoms with E-state index in [-0.39, 0.29) is 15.5 Å². The van der Waals surface area contributed by atoms with Crippen LogP contribution >= 0.6 is 11.3 Å². The Kier molecular flexibility index (Phi) is 4.01. The lowest BCUT2D eigenvalue weighted by atomic mass is 10.1. The highest BCUT2D eigenvalue weighted by Gasteiger charge is 2.21. The number of aliphatic hydroxyl groups is 2. The highest BCUT2D eigenvalue weighted by molar-refractivity contribution is 7.91. The summed E-state index contributed by atoms with van der Waals surface area (Å²) in [6.45, 7) is 0. The van der Waals surface area contributed by atoms with Gasteiger partial charge in [-0.25, -0.2) is 13.6 Å². The first-order chi connectivity index (χ1) is 7.36. The first kappa shape index (κ1) is 13.1. The zero-order valence-electron chi connectivity index (χ0n) is 8.07. The fraction of sp³-hybridized carbons (Fsp3) is 0.375. The van der Waals surface area contributed by atoms with Crippen molar-refractivity contribution in [1.82, 2.24) is 0 Å². The van der Waals surface area contributed by atoms with E-state index in [0.717, 1.165) is 11.3 Å². The van der Waals surface area contributed by atoms with Crippen molar-refractivity contribution in [2.75, 3.05) is 0 Å². The van der Waals surface area contributed by atoms with Crippen LogP contribution in [0.15, 0.2) is 16.3 Å². The molecule has 8 heteroatoms. The van der Waals surface area contributed by atoms with E-state index in [0.29, 0.717) is 0 Å². The quantitative estimate of drug-likeness (QED) is 0.687. The van der Waals surface area contributed by atoms with Crippen LogP contribution in [0.5, 0.6) is 0 Å². The normalized spacial score (nSPS) is 15.4. The van der Waals surface area contributed by atoms with Gasteiger partial charge in [0, 0.05) is 4.88 Å². The summed E-state index contributed by atoms with van der Waals surface area (Å²) in [5.41, 5.74) is 0. The SMILES string of the molecule is N#CCC(O)C(O)c1ccc(S(N)(=O)=O)s1. The maximum Gasteiger partial charge on any atom is 0.247 e. The Morgan fingerprint density at radius 2 is 2.12 bits per heavy atom. The minimum absolute atomic E-state index is 0.0919. The van der Waals surface area contributed by atoms with Gasteiger partial charge in [-0.3, -0.25) is 0 Å². The van der Waals surface area contributed by atoms with Gasteiger partial charge >= 0.3 is 0 Å². The highest BCUT2D eigenvalue weighted by atomic mass is 32.2. The van der Waals surface area contributed by atoms with Gasteiger partial charge in [-0.05, 0) is 12.1 Å². The molecule has 16 heavy (non-hydrogen) atoms. The smallest absolute Gasteiger partial charge is 0.247 e. The van der Waals surface area contributed by atoms with Crippen LogP contribution in [0.3, 0.4) is 0 Å². The summed E-state index contributed by atoms with van der Waals surface area (Å²) in [6.07, 6.45) is -2.75. The molecule has 0 saturated carbocycles. The van der Waals surface area contributed by atoms with Gasteiger partial charge in [0.15, 0.2) is 0 Å². The molecule has 0 aromatic carbocycles. The van der Waals surface area contributed by atoms with Crippen molar-refractivity contribution in [3.8, 4) is 6.07 Å². The van der Waals surface area contributed by atoms with Crippen LogP contribution in [0.4, 0.5) is 0 Å². The highest BCUT2D eigenvalue weighted by Crippen LogP contribution is 2.28. The molecule has 0 amide bonds. The maximum atomic E-state index is 11.0. The number of nitrogens with zero attached hydrogens (tertiary/aromatic N) is 1. The van der Waals surface area contributed by atoms with Crippen molar-refractivity contribution < 1.29 is 18.6 Å². The Bertz CT molecular complexity index is 502. The molecule has 0 aliphatic carbocycles. The summed E-state index contributed by atoms with van der Waals surface area (Å²) in [5.74, 6) is 0. The molecule has 1 aromatic rings. The number of sulfonamides is 1. The van der Waals surface area contributed by atoms with Crippen molar-refractivity contribution >= 4 is 21.4 Å². The van der Waals surface area contributed by atoms with E-state index in [1.807, 2.05) is 0 Å². The van der Waals surface area contributed by atoms with Gasteiger partial charge in [0.1, 0.15) is 10.3 Å². The van der Waals surface area contributed by atoms with Crippen molar-refractivity contribution in [3.05, 3.63) is 17.0 Å². The number of nitriles is 1. The molecule has 1 aromatic heterocycles. The third-order valence-electron chi connectivity index (χ3n) is 1.84. The Balaban J connectivity index is 2.91. The van der Waals surface area contributed by atoms with E-state index in [4.69, 9.17) is 10.4 Å². The average Bonchev–Trinajstić information content (AvgIpc) is 2.65. The molecular formula is C8H10N2O4S2. The van der Waals surface area contributed by atoms with Crippen molar-refractivity contribution in [3.63, 3.8) is 0 Å². The van der Waals surface area contributed by atoms with Gasteiger partial charge in [-0.15, -0.1) is 11.3 Å². The predicted octanol–water partition coefficient (Wildman–Crippen LogP) is -0.297. The number of hydrogen-bond donors (Lipinski definition) is 3. The Labute approximate surface area is 96.6 Å². The summed E-state index contributed by atoms with van der Waals surface area (Å²) in [7, 11) is -3.79. The lowest BCUT2D eigenvalue weighted by Crippen LogP contribution is -2.16. The first-order valence-corrected chi connectivity index (χ1v) is 6.58. The standard InChI is InChI=1S/C8H10N2O4S2/c9-4-3-5(11)8(12)6-1-2-7(15-6)16(10,13)14/h1-2,5,8,11-12H,3H2,(H2,10,13,14). The fourth-order valence-corrected chi connectivity index (χ4v) is 2.83. The largest absolute Gasteiger partial charge is 0.389 e. The van der Waals surface area contributed by atoms with Crippen LogP contribution in [-0.4, -0.2) is 24.7 Å². The molecule has 0 saturated heterocycles. The summed E-state index contributed by atoms with van der Waals surface area (Å²) < 4.78 is 21.8. The molecule has 0 aliphatic rings. The molecule has 0 fully saturated rings. The van der Waals surface area contributed by atoms with Gasteiger partial charge in [0.2, 0.25) is 10.0 Å². The number of primary sulfonamides is 1. The second-order valence-electron chi connectivity index (χ2n) is 3.08. The average molecular weight is 262 g/mol. The summed E-state index contributed by atoms with van der Waals surface area (Å²) in [5, 5.41) is 32.1. The van der Waals surface area contributed by atoms with Crippen molar-refractivity contribution in [1.29, 1.82) is 5.26 Å². The molecular weight excluding hydrogens is 252 g/mol.